The molecular formula is C36H42N2O10. The highest BCUT2D eigenvalue weighted by Crippen LogP contribution is 2.45. The number of aliphatic carboxylic acids is 1. The van der Waals surface area contributed by atoms with Gasteiger partial charge < -0.3 is 45.3 Å². The lowest BCUT2D eigenvalue weighted by atomic mass is 9.81. The molecule has 1 aromatic carbocycles. The molecule has 0 aromatic heterocycles. The van der Waals surface area contributed by atoms with Crippen molar-refractivity contribution in [1.29, 1.82) is 0 Å². The number of amides is 1. The molecule has 2 aliphatic carbocycles. The summed E-state index contributed by atoms with van der Waals surface area (Å²) in [5.74, 6) is -3.36. The van der Waals surface area contributed by atoms with Crippen molar-refractivity contribution in [2.45, 2.75) is 75.3 Å². The Hall–Kier alpha value is -4.33. The summed E-state index contributed by atoms with van der Waals surface area (Å²) in [5, 5.41) is 47.5. The molecule has 1 saturated heterocycles. The molecule has 48 heavy (non-hydrogen) atoms. The van der Waals surface area contributed by atoms with Crippen molar-refractivity contribution in [2.75, 3.05) is 20.2 Å². The first-order chi connectivity index (χ1) is 23.0. The van der Waals surface area contributed by atoms with Crippen LogP contribution in [0, 0.1) is 0 Å². The molecule has 0 bridgehead atoms. The number of fused-ring (bicyclic) bond motifs is 2. The Balaban J connectivity index is 1.31. The van der Waals surface area contributed by atoms with Crippen molar-refractivity contribution in [3.8, 4) is 0 Å². The van der Waals surface area contributed by atoms with E-state index in [9.17, 15) is 34.8 Å². The maximum Gasteiger partial charge on any atom is 0.364 e. The van der Waals surface area contributed by atoms with Gasteiger partial charge in [-0.1, -0.05) is 38.1 Å². The number of ether oxygens (including phenoxy) is 3. The molecule has 6 atom stereocenters. The van der Waals surface area contributed by atoms with Crippen molar-refractivity contribution < 1.29 is 49.0 Å². The van der Waals surface area contributed by atoms with E-state index in [1.807, 2.05) is 19.1 Å². The molecular weight excluding hydrogens is 620 g/mol. The molecule has 4 aliphatic rings. The molecule has 0 spiro atoms. The van der Waals surface area contributed by atoms with Crippen LogP contribution >= 0.6 is 0 Å². The number of carbonyl (C=O) groups excluding carboxylic acids is 2. The molecule has 6 N–H and O–H groups in total. The molecule has 0 saturated carbocycles. The van der Waals surface area contributed by atoms with Crippen LogP contribution in [0.3, 0.4) is 0 Å². The van der Waals surface area contributed by atoms with Crippen molar-refractivity contribution in [3.63, 3.8) is 0 Å². The maximum absolute atomic E-state index is 13.2. The van der Waals surface area contributed by atoms with Crippen LogP contribution in [-0.4, -0.2) is 95.0 Å². The third-order valence-electron chi connectivity index (χ3n) is 8.92. The predicted molar refractivity (Wildman–Crippen MR) is 176 cm³/mol. The van der Waals surface area contributed by atoms with E-state index in [1.54, 1.807) is 37.4 Å². The van der Waals surface area contributed by atoms with Gasteiger partial charge in [0.1, 0.15) is 23.7 Å². The summed E-state index contributed by atoms with van der Waals surface area (Å²) in [7, 11) is 1.57. The molecule has 256 valence electrons. The van der Waals surface area contributed by atoms with E-state index < -0.39 is 48.1 Å². The third kappa shape index (κ3) is 7.08. The fourth-order valence-corrected chi connectivity index (χ4v) is 6.40. The number of likely N-dealkylation sites (N-methyl/N-ethyl adjacent to an activating group) is 1. The minimum atomic E-state index is -2.12. The van der Waals surface area contributed by atoms with Crippen LogP contribution in [0.2, 0.25) is 0 Å². The number of carboxylic acid groups (broad SMARTS) is 1. The normalized spacial score (nSPS) is 27.1. The summed E-state index contributed by atoms with van der Waals surface area (Å²) in [6.07, 6.45) is 6.83. The fourth-order valence-electron chi connectivity index (χ4n) is 6.40. The average Bonchev–Trinajstić information content (AvgIpc) is 3.06. The first-order valence-corrected chi connectivity index (χ1v) is 16.1. The zero-order valence-corrected chi connectivity index (χ0v) is 27.0. The van der Waals surface area contributed by atoms with Crippen molar-refractivity contribution in [3.05, 3.63) is 100 Å². The molecule has 1 amide bonds. The van der Waals surface area contributed by atoms with Crippen LogP contribution < -0.4 is 10.6 Å². The van der Waals surface area contributed by atoms with Crippen molar-refractivity contribution >= 4 is 23.7 Å². The van der Waals surface area contributed by atoms with E-state index in [-0.39, 0.29) is 42.9 Å². The third-order valence-corrected chi connectivity index (χ3v) is 8.92. The van der Waals surface area contributed by atoms with E-state index in [4.69, 9.17) is 14.2 Å². The zero-order chi connectivity index (χ0) is 34.6. The number of nitrogens with one attached hydrogen (secondary N) is 2. The second-order valence-electron chi connectivity index (χ2n) is 12.2. The van der Waals surface area contributed by atoms with E-state index in [1.165, 1.54) is 6.07 Å². The van der Waals surface area contributed by atoms with Gasteiger partial charge in [-0.25, -0.2) is 4.79 Å². The standard InChI is InChI=1S/C36H42N2O10/c1-4-5-14-46-36(35(44)45)18-28(42)32(37-3)33(48-36)27(41)12-13-38-34(43)21-7-10-24(22(16-21)19-39)31-25-9-6-20(2)15-29(25)47-30-17-23(40)8-11-26(30)31/h7-11,15-17,19,27-28,30,32-33,37,40-42H,2,4-6,12-14,18H2,1,3H3,(H,38,43)(H,44,45)/t27?,28?,30?,32-,33?,36-/m1/s1. The largest absolute Gasteiger partial charge is 0.508 e. The van der Waals surface area contributed by atoms with Gasteiger partial charge in [-0.3, -0.25) is 9.59 Å². The Bertz CT molecular complexity index is 1620. The second kappa shape index (κ2) is 14.8. The Morgan fingerprint density at radius 3 is 2.77 bits per heavy atom. The molecule has 2 aliphatic heterocycles. The zero-order valence-electron chi connectivity index (χ0n) is 27.0. The van der Waals surface area contributed by atoms with E-state index in [2.05, 4.69) is 17.2 Å². The second-order valence-corrected chi connectivity index (χ2v) is 12.2. The number of unbranched alkanes of at least 4 members (excludes halogenated alkanes) is 1. The highest BCUT2D eigenvalue weighted by atomic mass is 16.7. The molecule has 1 fully saturated rings. The van der Waals surface area contributed by atoms with E-state index in [0.29, 0.717) is 30.5 Å². The van der Waals surface area contributed by atoms with Crippen LogP contribution in [0.5, 0.6) is 0 Å². The van der Waals surface area contributed by atoms with Crippen LogP contribution in [-0.2, 0) is 19.0 Å². The molecule has 12 heteroatoms. The lowest BCUT2D eigenvalue weighted by Crippen LogP contribution is -2.65. The number of aldehydes is 1. The Kier molecular flexibility index (Phi) is 10.8. The monoisotopic (exact) mass is 662 g/mol. The minimum absolute atomic E-state index is 0.0127. The highest BCUT2D eigenvalue weighted by molar-refractivity contribution is 6.00. The number of aliphatic hydroxyl groups excluding tert-OH is 3. The average molecular weight is 663 g/mol. The number of benzene rings is 1. The molecule has 12 nitrogen and oxygen atoms in total. The van der Waals surface area contributed by atoms with Gasteiger partial charge in [0.2, 0.25) is 0 Å². The number of hydrogen-bond donors (Lipinski definition) is 6. The van der Waals surface area contributed by atoms with E-state index in [0.717, 1.165) is 28.7 Å². The van der Waals surface area contributed by atoms with Crippen molar-refractivity contribution in [1.82, 2.24) is 10.6 Å². The summed E-state index contributed by atoms with van der Waals surface area (Å²) in [5.41, 5.74) is 4.26. The summed E-state index contributed by atoms with van der Waals surface area (Å²) in [6, 6.07) is 4.01. The molecule has 0 radical (unpaired) electrons. The lowest BCUT2D eigenvalue weighted by molar-refractivity contribution is -0.306. The van der Waals surface area contributed by atoms with Gasteiger partial charge in [0, 0.05) is 46.9 Å². The van der Waals surface area contributed by atoms with Crippen LogP contribution in [0.4, 0.5) is 0 Å². The Morgan fingerprint density at radius 1 is 1.27 bits per heavy atom. The number of hydrogen-bond acceptors (Lipinski definition) is 10. The fraction of sp³-hybridized carbons (Fsp3) is 0.417. The van der Waals surface area contributed by atoms with Gasteiger partial charge in [0.15, 0.2) is 6.29 Å². The van der Waals surface area contributed by atoms with Crippen molar-refractivity contribution in [2.24, 2.45) is 0 Å². The van der Waals surface area contributed by atoms with Gasteiger partial charge >= 0.3 is 5.97 Å². The highest BCUT2D eigenvalue weighted by Gasteiger charge is 2.54. The number of allylic oxidation sites excluding steroid dienone is 5. The van der Waals surface area contributed by atoms with Gasteiger partial charge in [-0.2, -0.15) is 0 Å². The van der Waals surface area contributed by atoms with Crippen LogP contribution in [0.15, 0.2) is 83.4 Å². The number of carbonyl (C=O) groups is 3. The predicted octanol–water partition coefficient (Wildman–Crippen LogP) is 3.25. The number of aliphatic hydroxyl groups is 3. The quantitative estimate of drug-likeness (QED) is 0.135. The summed E-state index contributed by atoms with van der Waals surface area (Å²) < 4.78 is 17.6. The molecule has 4 unspecified atom stereocenters. The van der Waals surface area contributed by atoms with Gasteiger partial charge in [-0.15, -0.1) is 0 Å². The number of rotatable bonds is 13. The summed E-state index contributed by atoms with van der Waals surface area (Å²) >= 11 is 0. The van der Waals surface area contributed by atoms with Crippen LogP contribution in [0.1, 0.15) is 65.3 Å². The topological polar surface area (TPSA) is 184 Å². The maximum atomic E-state index is 13.2. The smallest absolute Gasteiger partial charge is 0.364 e. The first-order valence-electron chi connectivity index (χ1n) is 16.1. The molecule has 5 rings (SSSR count). The first kappa shape index (κ1) is 35.0. The van der Waals surface area contributed by atoms with Gasteiger partial charge in [-0.05, 0) is 61.7 Å². The SMILES string of the molecule is C=C1C=C2OC3C=C(O)C=CC3=C(c3ccc(C(=O)NCCC(O)C4O[C@@](OCCCC)(C(=O)O)CC(O)[C@H]4NC)cc3C=O)C2=CC1. The summed E-state index contributed by atoms with van der Waals surface area (Å²) in [4.78, 5) is 37.8. The number of carboxylic acids is 1. The Morgan fingerprint density at radius 2 is 2.06 bits per heavy atom. The molecule has 2 heterocycles. The molecule has 1 aromatic rings. The van der Waals surface area contributed by atoms with Crippen LogP contribution in [0.25, 0.3) is 5.57 Å². The van der Waals surface area contributed by atoms with Gasteiger partial charge in [0.25, 0.3) is 11.7 Å². The lowest BCUT2D eigenvalue weighted by Gasteiger charge is -2.46. The summed E-state index contributed by atoms with van der Waals surface area (Å²) in [6.45, 7) is 6.05. The Labute approximate surface area is 278 Å². The minimum Gasteiger partial charge on any atom is -0.508 e. The van der Waals surface area contributed by atoms with Gasteiger partial charge in [0.05, 0.1) is 24.9 Å². The van der Waals surface area contributed by atoms with E-state index >= 15 is 0 Å².